The van der Waals surface area contributed by atoms with Crippen LogP contribution in [-0.4, -0.2) is 33.7 Å². The maximum Gasteiger partial charge on any atom is 0.130 e. The third-order valence-electron chi connectivity index (χ3n) is 2.30. The number of rotatable bonds is 4. The van der Waals surface area contributed by atoms with E-state index in [0.29, 0.717) is 18.8 Å². The zero-order chi connectivity index (χ0) is 9.84. The van der Waals surface area contributed by atoms with Crippen molar-refractivity contribution in [1.82, 2.24) is 0 Å². The molecule has 1 rings (SSSR count). The summed E-state index contributed by atoms with van der Waals surface area (Å²) in [5.41, 5.74) is 0. The molecule has 0 aliphatic carbocycles. The monoisotopic (exact) mass is 204 g/mol. The molecule has 0 bridgehead atoms. The molecule has 3 nitrogen and oxygen atoms in total. The summed E-state index contributed by atoms with van der Waals surface area (Å²) in [6.45, 7) is 4.19. The van der Waals surface area contributed by atoms with Crippen molar-refractivity contribution in [3.63, 3.8) is 0 Å². The number of carbonyl (C=O) groups is 1. The van der Waals surface area contributed by atoms with Crippen LogP contribution >= 0.6 is 0 Å². The lowest BCUT2D eigenvalue weighted by Crippen LogP contribution is -2.25. The fraction of sp³-hybridized carbons (Fsp3) is 0.889. The smallest absolute Gasteiger partial charge is 0.130 e. The largest absolute Gasteiger partial charge is 0.377 e. The standard InChI is InChI=1S/C9H16O3S/c1-7(10)4-6-13(11)9-3-5-12-8(9)2/h8-9H,3-6H2,1-2H3. The van der Waals surface area contributed by atoms with Crippen LogP contribution in [0.2, 0.25) is 0 Å². The number of hydrogen-bond donors (Lipinski definition) is 0. The van der Waals surface area contributed by atoms with E-state index in [0.717, 1.165) is 6.42 Å². The number of ether oxygens (including phenoxy) is 1. The fourth-order valence-corrected chi connectivity index (χ4v) is 3.11. The summed E-state index contributed by atoms with van der Waals surface area (Å²) in [5.74, 6) is 0.605. The van der Waals surface area contributed by atoms with Gasteiger partial charge in [-0.15, -0.1) is 0 Å². The highest BCUT2D eigenvalue weighted by molar-refractivity contribution is 7.85. The molecule has 0 spiro atoms. The summed E-state index contributed by atoms with van der Waals surface area (Å²) < 4.78 is 17.0. The molecule has 0 radical (unpaired) electrons. The highest BCUT2D eigenvalue weighted by Crippen LogP contribution is 2.19. The van der Waals surface area contributed by atoms with Gasteiger partial charge in [-0.25, -0.2) is 0 Å². The predicted octanol–water partition coefficient (Wildman–Crippen LogP) is 0.892. The third kappa shape index (κ3) is 3.19. The van der Waals surface area contributed by atoms with Gasteiger partial charge in [0.2, 0.25) is 0 Å². The average molecular weight is 204 g/mol. The molecule has 0 aromatic carbocycles. The first-order valence-electron chi connectivity index (χ1n) is 4.59. The molecule has 0 N–H and O–H groups in total. The normalized spacial score (nSPS) is 30.3. The first kappa shape index (κ1) is 10.9. The van der Waals surface area contributed by atoms with Crippen LogP contribution in [0.3, 0.4) is 0 Å². The van der Waals surface area contributed by atoms with E-state index in [1.807, 2.05) is 6.92 Å². The van der Waals surface area contributed by atoms with Crippen LogP contribution in [-0.2, 0) is 20.3 Å². The maximum absolute atomic E-state index is 11.6. The molecular formula is C9H16O3S. The summed E-state index contributed by atoms with van der Waals surface area (Å²) in [7, 11) is -0.892. The molecule has 4 heteroatoms. The average Bonchev–Trinajstić information content (AvgIpc) is 2.47. The number of ketones is 1. The van der Waals surface area contributed by atoms with Crippen molar-refractivity contribution in [1.29, 1.82) is 0 Å². The molecule has 0 aromatic rings. The lowest BCUT2D eigenvalue weighted by Gasteiger charge is -2.12. The second-order valence-electron chi connectivity index (χ2n) is 3.44. The molecule has 1 saturated heterocycles. The predicted molar refractivity (Wildman–Crippen MR) is 52.1 cm³/mol. The van der Waals surface area contributed by atoms with Crippen molar-refractivity contribution in [2.45, 2.75) is 38.0 Å². The van der Waals surface area contributed by atoms with Crippen molar-refractivity contribution in [2.75, 3.05) is 12.4 Å². The van der Waals surface area contributed by atoms with Gasteiger partial charge in [0.15, 0.2) is 0 Å². The molecule has 13 heavy (non-hydrogen) atoms. The van der Waals surface area contributed by atoms with Gasteiger partial charge in [-0.1, -0.05) is 0 Å². The third-order valence-corrected chi connectivity index (χ3v) is 4.20. The highest BCUT2D eigenvalue weighted by atomic mass is 32.2. The van der Waals surface area contributed by atoms with Gasteiger partial charge >= 0.3 is 0 Å². The molecule has 1 heterocycles. The van der Waals surface area contributed by atoms with E-state index in [1.165, 1.54) is 6.92 Å². The van der Waals surface area contributed by atoms with E-state index in [2.05, 4.69) is 0 Å². The summed E-state index contributed by atoms with van der Waals surface area (Å²) in [6.07, 6.45) is 1.38. The topological polar surface area (TPSA) is 43.4 Å². The van der Waals surface area contributed by atoms with Gasteiger partial charge in [0.25, 0.3) is 0 Å². The Hall–Kier alpha value is -0.220. The van der Waals surface area contributed by atoms with E-state index in [9.17, 15) is 9.00 Å². The van der Waals surface area contributed by atoms with Crippen molar-refractivity contribution in [2.24, 2.45) is 0 Å². The van der Waals surface area contributed by atoms with Crippen molar-refractivity contribution >= 4 is 16.6 Å². The lowest BCUT2D eigenvalue weighted by molar-refractivity contribution is -0.116. The van der Waals surface area contributed by atoms with E-state index >= 15 is 0 Å². The molecule has 1 fully saturated rings. The Labute approximate surface area is 81.3 Å². The Balaban J connectivity index is 2.34. The second-order valence-corrected chi connectivity index (χ2v) is 5.22. The Bertz CT molecular complexity index is 215. The van der Waals surface area contributed by atoms with E-state index < -0.39 is 10.8 Å². The van der Waals surface area contributed by atoms with Gasteiger partial charge in [0.05, 0.1) is 11.4 Å². The van der Waals surface area contributed by atoms with Gasteiger partial charge in [-0.05, 0) is 20.3 Å². The highest BCUT2D eigenvalue weighted by Gasteiger charge is 2.29. The minimum Gasteiger partial charge on any atom is -0.377 e. The van der Waals surface area contributed by atoms with Crippen LogP contribution in [0, 0.1) is 0 Å². The summed E-state index contributed by atoms with van der Waals surface area (Å²) in [4.78, 5) is 10.7. The molecule has 0 saturated carbocycles. The second kappa shape index (κ2) is 4.86. The van der Waals surface area contributed by atoms with Crippen molar-refractivity contribution in [3.05, 3.63) is 0 Å². The Kier molecular flexibility index (Phi) is 4.06. The first-order valence-corrected chi connectivity index (χ1v) is 5.97. The molecule has 3 atom stereocenters. The molecule has 3 unspecified atom stereocenters. The van der Waals surface area contributed by atoms with Crippen LogP contribution in [0.25, 0.3) is 0 Å². The van der Waals surface area contributed by atoms with E-state index in [4.69, 9.17) is 4.74 Å². The van der Waals surface area contributed by atoms with Crippen LogP contribution in [0.5, 0.6) is 0 Å². The minimum atomic E-state index is -0.892. The molecule has 1 aliphatic rings. The summed E-state index contributed by atoms with van der Waals surface area (Å²) in [5, 5.41) is 0.138. The van der Waals surface area contributed by atoms with Gasteiger partial charge in [-0.3, -0.25) is 9.00 Å². The van der Waals surface area contributed by atoms with Crippen LogP contribution in [0.15, 0.2) is 0 Å². The molecule has 76 valence electrons. The first-order chi connectivity index (χ1) is 6.11. The molecular weight excluding hydrogens is 188 g/mol. The zero-order valence-electron chi connectivity index (χ0n) is 8.12. The quantitative estimate of drug-likeness (QED) is 0.683. The minimum absolute atomic E-state index is 0.0905. The SMILES string of the molecule is CC(=O)CCS(=O)C1CCOC1C. The van der Waals surface area contributed by atoms with Crippen LogP contribution in [0.4, 0.5) is 0 Å². The summed E-state index contributed by atoms with van der Waals surface area (Å²) >= 11 is 0. The Morgan fingerprint density at radius 1 is 1.62 bits per heavy atom. The zero-order valence-corrected chi connectivity index (χ0v) is 8.93. The van der Waals surface area contributed by atoms with E-state index in [1.54, 1.807) is 0 Å². The summed E-state index contributed by atoms with van der Waals surface area (Å²) in [6, 6.07) is 0. The van der Waals surface area contributed by atoms with Crippen molar-refractivity contribution in [3.8, 4) is 0 Å². The number of carbonyl (C=O) groups excluding carboxylic acids is 1. The van der Waals surface area contributed by atoms with Crippen LogP contribution < -0.4 is 0 Å². The molecule has 1 aliphatic heterocycles. The van der Waals surface area contributed by atoms with Gasteiger partial charge < -0.3 is 4.74 Å². The van der Waals surface area contributed by atoms with Crippen molar-refractivity contribution < 1.29 is 13.7 Å². The van der Waals surface area contributed by atoms with Gasteiger partial charge in [0, 0.05) is 29.6 Å². The van der Waals surface area contributed by atoms with Gasteiger partial charge in [-0.2, -0.15) is 0 Å². The fourth-order valence-electron chi connectivity index (χ4n) is 1.45. The van der Waals surface area contributed by atoms with Gasteiger partial charge in [0.1, 0.15) is 5.78 Å². The Morgan fingerprint density at radius 2 is 2.31 bits per heavy atom. The maximum atomic E-state index is 11.6. The number of hydrogen-bond acceptors (Lipinski definition) is 3. The van der Waals surface area contributed by atoms with E-state index in [-0.39, 0.29) is 17.1 Å². The number of Topliss-reactive ketones (excluding diaryl/α,β-unsaturated/α-hetero) is 1. The molecule has 0 aromatic heterocycles. The molecule has 0 amide bonds. The Morgan fingerprint density at radius 3 is 2.77 bits per heavy atom. The van der Waals surface area contributed by atoms with Crippen LogP contribution in [0.1, 0.15) is 26.7 Å². The lowest BCUT2D eigenvalue weighted by atomic mass is 10.3.